The Bertz CT molecular complexity index is 1430. The summed E-state index contributed by atoms with van der Waals surface area (Å²) in [6.07, 6.45) is -2.36. The number of alkyl halides is 3. The summed E-state index contributed by atoms with van der Waals surface area (Å²) in [5, 5.41) is 1.69. The highest BCUT2D eigenvalue weighted by atomic mass is 32.2. The first-order chi connectivity index (χ1) is 17.4. The van der Waals surface area contributed by atoms with Crippen LogP contribution >= 0.6 is 0 Å². The lowest BCUT2D eigenvalue weighted by Gasteiger charge is -2.24. The van der Waals surface area contributed by atoms with Crippen LogP contribution in [0.2, 0.25) is 0 Å². The van der Waals surface area contributed by atoms with Crippen molar-refractivity contribution in [1.29, 1.82) is 0 Å². The fourth-order valence-electron chi connectivity index (χ4n) is 5.34. The van der Waals surface area contributed by atoms with Gasteiger partial charge in [-0.1, -0.05) is 12.1 Å². The first-order valence-electron chi connectivity index (χ1n) is 11.5. The quantitative estimate of drug-likeness (QED) is 0.349. The molecule has 3 aliphatic carbocycles. The molecule has 5 nitrogen and oxygen atoms in total. The molecule has 2 aromatic carbocycles. The Morgan fingerprint density at radius 3 is 2.24 bits per heavy atom. The molecular formula is C26H21F5N2O3S. The zero-order valence-corrected chi connectivity index (χ0v) is 20.0. The van der Waals surface area contributed by atoms with E-state index in [0.717, 1.165) is 30.5 Å². The Morgan fingerprint density at radius 1 is 0.946 bits per heavy atom. The minimum Gasteiger partial charge on any atom is -0.352 e. The molecule has 11 heteroatoms. The van der Waals surface area contributed by atoms with E-state index in [9.17, 15) is 35.2 Å². The molecule has 0 saturated heterocycles. The topological polar surface area (TPSA) is 76.1 Å². The Morgan fingerprint density at radius 2 is 1.62 bits per heavy atom. The number of halogens is 5. The third-order valence-electron chi connectivity index (χ3n) is 7.23. The van der Waals surface area contributed by atoms with Crippen LogP contribution in [0.4, 0.5) is 22.0 Å². The third kappa shape index (κ3) is 4.72. The normalized spacial score (nSPS) is 22.9. The van der Waals surface area contributed by atoms with Crippen LogP contribution in [0.25, 0.3) is 11.1 Å². The van der Waals surface area contributed by atoms with Crippen molar-refractivity contribution in [2.75, 3.05) is 0 Å². The molecule has 0 spiro atoms. The van der Waals surface area contributed by atoms with Gasteiger partial charge in [0.25, 0.3) is 0 Å². The number of hydrogen-bond donors (Lipinski definition) is 1. The van der Waals surface area contributed by atoms with Crippen molar-refractivity contribution in [3.63, 3.8) is 0 Å². The van der Waals surface area contributed by atoms with E-state index in [-0.39, 0.29) is 28.8 Å². The summed E-state index contributed by atoms with van der Waals surface area (Å²) in [6, 6.07) is 10.5. The molecule has 2 atom stereocenters. The van der Waals surface area contributed by atoms with Crippen LogP contribution in [-0.2, 0) is 27.4 Å². The SMILES string of the molecule is O=C(NCc1cc(-c2ccc(C(F)(F)F)nc2)ccc1F)[C@@H]1C2CC(C2)C1S(=O)(=O)c1ccc(F)cc1. The largest absolute Gasteiger partial charge is 0.433 e. The molecule has 1 amide bonds. The van der Waals surface area contributed by atoms with Crippen molar-refractivity contribution in [3.8, 4) is 11.1 Å². The van der Waals surface area contributed by atoms with Crippen molar-refractivity contribution < 1.29 is 35.2 Å². The molecule has 3 aromatic rings. The third-order valence-corrected chi connectivity index (χ3v) is 9.55. The van der Waals surface area contributed by atoms with Crippen LogP contribution in [0.3, 0.4) is 0 Å². The zero-order valence-electron chi connectivity index (χ0n) is 19.2. The number of amides is 1. The van der Waals surface area contributed by atoms with Crippen molar-refractivity contribution in [2.24, 2.45) is 17.8 Å². The average Bonchev–Trinajstić information content (AvgIpc) is 3.41. The van der Waals surface area contributed by atoms with Gasteiger partial charge in [0.1, 0.15) is 17.3 Å². The Balaban J connectivity index is 1.32. The number of carbonyl (C=O) groups excluding carboxylic acids is 1. The molecule has 3 aliphatic rings. The van der Waals surface area contributed by atoms with E-state index in [2.05, 4.69) is 10.3 Å². The number of aromatic nitrogens is 1. The average molecular weight is 537 g/mol. The summed E-state index contributed by atoms with van der Waals surface area (Å²) in [4.78, 5) is 16.5. The van der Waals surface area contributed by atoms with Crippen molar-refractivity contribution in [1.82, 2.24) is 10.3 Å². The highest BCUT2D eigenvalue weighted by Gasteiger charge is 2.60. The highest BCUT2D eigenvalue weighted by Crippen LogP contribution is 2.56. The van der Waals surface area contributed by atoms with E-state index in [4.69, 9.17) is 0 Å². The van der Waals surface area contributed by atoms with Crippen molar-refractivity contribution in [3.05, 3.63) is 83.7 Å². The maximum Gasteiger partial charge on any atom is 0.433 e. The smallest absolute Gasteiger partial charge is 0.352 e. The van der Waals surface area contributed by atoms with E-state index in [1.54, 1.807) is 0 Å². The van der Waals surface area contributed by atoms with Gasteiger partial charge in [0.15, 0.2) is 9.84 Å². The first-order valence-corrected chi connectivity index (χ1v) is 13.1. The van der Waals surface area contributed by atoms with Gasteiger partial charge in [0.2, 0.25) is 5.91 Å². The fraction of sp³-hybridized carbons (Fsp3) is 0.308. The van der Waals surface area contributed by atoms with E-state index in [1.165, 1.54) is 30.3 Å². The molecule has 1 heterocycles. The lowest BCUT2D eigenvalue weighted by molar-refractivity contribution is -0.141. The maximum atomic E-state index is 14.5. The lowest BCUT2D eigenvalue weighted by Crippen LogP contribution is -2.39. The standard InChI is InChI=1S/C26H21F5N2O3S/c27-19-3-5-20(6-4-19)37(35,36)24-17-10-16(11-17)23(24)25(34)33-13-18-9-14(1-7-21(18)28)15-2-8-22(32-12-15)26(29,30)31/h1-9,12,16-17,23-24H,10-11,13H2,(H,33,34)/t16?,17?,23-,24?/m1/s1. The van der Waals surface area contributed by atoms with Gasteiger partial charge in [-0.2, -0.15) is 13.2 Å². The molecule has 1 N–H and O–H groups in total. The Kier molecular flexibility index (Phi) is 6.29. The molecular weight excluding hydrogens is 515 g/mol. The van der Waals surface area contributed by atoms with Crippen LogP contribution in [0.15, 0.2) is 65.7 Å². The summed E-state index contributed by atoms with van der Waals surface area (Å²) >= 11 is 0. The number of nitrogens with zero attached hydrogens (tertiary/aromatic N) is 1. The number of rotatable bonds is 6. The van der Waals surface area contributed by atoms with Gasteiger partial charge >= 0.3 is 6.18 Å². The number of nitrogens with one attached hydrogen (secondary N) is 1. The number of fused-ring (bicyclic) bond motifs is 1. The number of hydrogen-bond acceptors (Lipinski definition) is 4. The summed E-state index contributed by atoms with van der Waals surface area (Å²) in [6.45, 7) is -0.232. The predicted octanol–water partition coefficient (Wildman–Crippen LogP) is 5.16. The van der Waals surface area contributed by atoms with Crippen molar-refractivity contribution >= 4 is 15.7 Å². The monoisotopic (exact) mass is 536 g/mol. The van der Waals surface area contributed by atoms with Gasteiger partial charge in [-0.05, 0) is 72.7 Å². The summed E-state index contributed by atoms with van der Waals surface area (Å²) in [7, 11) is -3.89. The lowest BCUT2D eigenvalue weighted by atomic mass is 9.82. The summed E-state index contributed by atoms with van der Waals surface area (Å²) in [5.41, 5.74) is -0.214. The second kappa shape index (κ2) is 9.20. The fourth-order valence-corrected chi connectivity index (χ4v) is 7.64. The van der Waals surface area contributed by atoms with Gasteiger partial charge < -0.3 is 5.32 Å². The summed E-state index contributed by atoms with van der Waals surface area (Å²) < 4.78 is 92.7. The van der Waals surface area contributed by atoms with E-state index >= 15 is 0 Å². The highest BCUT2D eigenvalue weighted by molar-refractivity contribution is 7.92. The summed E-state index contributed by atoms with van der Waals surface area (Å²) in [5.74, 6) is -2.81. The number of pyridine rings is 1. The van der Waals surface area contributed by atoms with Crippen LogP contribution < -0.4 is 5.32 Å². The molecule has 1 unspecified atom stereocenters. The molecule has 2 bridgehead atoms. The van der Waals surface area contributed by atoms with Crippen LogP contribution in [0.1, 0.15) is 24.1 Å². The second-order valence-electron chi connectivity index (χ2n) is 9.43. The molecule has 0 radical (unpaired) electrons. The number of carbonyl (C=O) groups is 1. The molecule has 0 aliphatic heterocycles. The van der Waals surface area contributed by atoms with Crippen LogP contribution in [0, 0.1) is 29.4 Å². The van der Waals surface area contributed by atoms with Crippen molar-refractivity contribution in [2.45, 2.75) is 35.7 Å². The molecule has 3 saturated carbocycles. The zero-order chi connectivity index (χ0) is 26.5. The van der Waals surface area contributed by atoms with Gasteiger partial charge in [-0.3, -0.25) is 9.78 Å². The number of sulfone groups is 1. The van der Waals surface area contributed by atoms with Gasteiger partial charge in [-0.15, -0.1) is 0 Å². The minimum absolute atomic E-state index is 0.0480. The molecule has 3 fully saturated rings. The maximum absolute atomic E-state index is 14.5. The Labute approximate surface area is 209 Å². The molecule has 1 aromatic heterocycles. The Hall–Kier alpha value is -3.34. The predicted molar refractivity (Wildman–Crippen MR) is 124 cm³/mol. The molecule has 194 valence electrons. The van der Waals surface area contributed by atoms with Crippen LogP contribution in [0.5, 0.6) is 0 Å². The van der Waals surface area contributed by atoms with E-state index in [0.29, 0.717) is 24.0 Å². The van der Waals surface area contributed by atoms with Crippen LogP contribution in [-0.4, -0.2) is 24.6 Å². The van der Waals surface area contributed by atoms with Gasteiger partial charge in [0.05, 0.1) is 16.1 Å². The second-order valence-corrected chi connectivity index (χ2v) is 11.5. The first kappa shape index (κ1) is 25.3. The minimum atomic E-state index is -4.58. The van der Waals surface area contributed by atoms with E-state index < -0.39 is 50.4 Å². The molecule has 6 rings (SSSR count). The molecule has 37 heavy (non-hydrogen) atoms. The van der Waals surface area contributed by atoms with E-state index in [1.807, 2.05) is 0 Å². The van der Waals surface area contributed by atoms with Gasteiger partial charge in [0, 0.05) is 23.9 Å². The van der Waals surface area contributed by atoms with Gasteiger partial charge in [-0.25, -0.2) is 17.2 Å². The number of benzene rings is 2.